The first kappa shape index (κ1) is 14.8. The molecule has 1 fully saturated rings. The third-order valence-electron chi connectivity index (χ3n) is 4.01. The molecular weight excluding hydrogens is 254 g/mol. The van der Waals surface area contributed by atoms with Gasteiger partial charge in [-0.05, 0) is 37.4 Å². The van der Waals surface area contributed by atoms with Gasteiger partial charge in [-0.25, -0.2) is 0 Å². The van der Waals surface area contributed by atoms with Crippen molar-refractivity contribution in [2.45, 2.75) is 33.2 Å². The highest BCUT2D eigenvalue weighted by molar-refractivity contribution is 5.56. The van der Waals surface area contributed by atoms with Gasteiger partial charge in [0.05, 0.1) is 4.92 Å². The zero-order valence-electron chi connectivity index (χ0n) is 12.3. The Morgan fingerprint density at radius 1 is 1.45 bits per heavy atom. The van der Waals surface area contributed by atoms with Crippen LogP contribution in [0.25, 0.3) is 0 Å². The summed E-state index contributed by atoms with van der Waals surface area (Å²) in [6, 6.07) is 5.10. The van der Waals surface area contributed by atoms with Gasteiger partial charge in [0, 0.05) is 37.5 Å². The standard InChI is InChI=1S/C15H23N3O2/c1-3-12-7-8-17(10-12)11-13-9-14(18(19)20)5-6-15(13)16-4-2/h5-6,9,12,16H,3-4,7-8,10-11H2,1-2H3. The molecule has 0 spiro atoms. The van der Waals surface area contributed by atoms with Crippen LogP contribution in [-0.2, 0) is 6.54 Å². The van der Waals surface area contributed by atoms with Crippen LogP contribution in [0.2, 0.25) is 0 Å². The highest BCUT2D eigenvalue weighted by Gasteiger charge is 2.22. The molecule has 1 aromatic carbocycles. The Bertz CT molecular complexity index is 476. The van der Waals surface area contributed by atoms with Crippen LogP contribution in [0, 0.1) is 16.0 Å². The summed E-state index contributed by atoms with van der Waals surface area (Å²) in [6.45, 7) is 8.07. The van der Waals surface area contributed by atoms with Crippen LogP contribution in [0.15, 0.2) is 18.2 Å². The predicted molar refractivity (Wildman–Crippen MR) is 80.9 cm³/mol. The summed E-state index contributed by atoms with van der Waals surface area (Å²) in [6.07, 6.45) is 2.45. The summed E-state index contributed by atoms with van der Waals surface area (Å²) >= 11 is 0. The highest BCUT2D eigenvalue weighted by atomic mass is 16.6. The number of nitrogens with one attached hydrogen (secondary N) is 1. The molecule has 5 nitrogen and oxygen atoms in total. The second kappa shape index (κ2) is 6.70. The van der Waals surface area contributed by atoms with Crippen LogP contribution in [0.4, 0.5) is 11.4 Å². The molecule has 20 heavy (non-hydrogen) atoms. The first-order valence-electron chi connectivity index (χ1n) is 7.37. The van der Waals surface area contributed by atoms with E-state index in [2.05, 4.69) is 17.1 Å². The summed E-state index contributed by atoms with van der Waals surface area (Å²) in [5.74, 6) is 0.774. The maximum atomic E-state index is 10.9. The van der Waals surface area contributed by atoms with Crippen LogP contribution in [0.5, 0.6) is 0 Å². The van der Waals surface area contributed by atoms with Gasteiger partial charge in [0.15, 0.2) is 0 Å². The summed E-state index contributed by atoms with van der Waals surface area (Å²) in [5.41, 5.74) is 2.21. The van der Waals surface area contributed by atoms with Crippen molar-refractivity contribution < 1.29 is 4.92 Å². The Kier molecular flexibility index (Phi) is 4.95. The van der Waals surface area contributed by atoms with Gasteiger partial charge in [0.25, 0.3) is 5.69 Å². The minimum Gasteiger partial charge on any atom is -0.385 e. The van der Waals surface area contributed by atoms with E-state index in [0.717, 1.165) is 43.3 Å². The van der Waals surface area contributed by atoms with Crippen molar-refractivity contribution in [1.82, 2.24) is 4.90 Å². The van der Waals surface area contributed by atoms with Gasteiger partial charge >= 0.3 is 0 Å². The fraction of sp³-hybridized carbons (Fsp3) is 0.600. The maximum absolute atomic E-state index is 10.9. The molecule has 2 rings (SSSR count). The van der Waals surface area contributed by atoms with E-state index in [1.807, 2.05) is 13.0 Å². The molecule has 1 heterocycles. The lowest BCUT2D eigenvalue weighted by Gasteiger charge is -2.18. The van der Waals surface area contributed by atoms with Crippen LogP contribution >= 0.6 is 0 Å². The quantitative estimate of drug-likeness (QED) is 0.640. The van der Waals surface area contributed by atoms with E-state index in [-0.39, 0.29) is 10.6 Å². The Labute approximate surface area is 120 Å². The minimum absolute atomic E-state index is 0.174. The average Bonchev–Trinajstić information content (AvgIpc) is 2.88. The fourth-order valence-corrected chi connectivity index (χ4v) is 2.82. The normalized spacial score (nSPS) is 19.2. The number of non-ortho nitro benzene ring substituents is 1. The van der Waals surface area contributed by atoms with Crippen LogP contribution in [0.3, 0.4) is 0 Å². The monoisotopic (exact) mass is 277 g/mol. The number of nitro benzene ring substituents is 1. The van der Waals surface area contributed by atoms with E-state index in [1.54, 1.807) is 12.1 Å². The summed E-state index contributed by atoms with van der Waals surface area (Å²) < 4.78 is 0. The van der Waals surface area contributed by atoms with Crippen LogP contribution < -0.4 is 5.32 Å². The molecule has 0 saturated carbocycles. The first-order chi connectivity index (χ1) is 9.63. The molecular formula is C15H23N3O2. The van der Waals surface area contributed by atoms with Crippen molar-refractivity contribution in [2.24, 2.45) is 5.92 Å². The van der Waals surface area contributed by atoms with E-state index in [0.29, 0.717) is 0 Å². The predicted octanol–water partition coefficient (Wildman–Crippen LogP) is 3.26. The second-order valence-corrected chi connectivity index (χ2v) is 5.43. The van der Waals surface area contributed by atoms with Crippen molar-refractivity contribution in [3.05, 3.63) is 33.9 Å². The van der Waals surface area contributed by atoms with Gasteiger partial charge in [-0.2, -0.15) is 0 Å². The van der Waals surface area contributed by atoms with E-state index in [1.165, 1.54) is 12.8 Å². The number of benzene rings is 1. The molecule has 0 amide bonds. The van der Waals surface area contributed by atoms with Crippen molar-refractivity contribution in [2.75, 3.05) is 25.0 Å². The molecule has 1 aromatic rings. The number of anilines is 1. The molecule has 110 valence electrons. The van der Waals surface area contributed by atoms with Crippen molar-refractivity contribution in [3.8, 4) is 0 Å². The Morgan fingerprint density at radius 3 is 2.85 bits per heavy atom. The minimum atomic E-state index is -0.321. The Hall–Kier alpha value is -1.62. The van der Waals surface area contributed by atoms with Crippen molar-refractivity contribution in [3.63, 3.8) is 0 Å². The molecule has 1 atom stereocenters. The van der Waals surface area contributed by atoms with E-state index in [9.17, 15) is 10.1 Å². The van der Waals surface area contributed by atoms with Gasteiger partial charge in [-0.3, -0.25) is 15.0 Å². The lowest BCUT2D eigenvalue weighted by atomic mass is 10.1. The molecule has 1 aliphatic heterocycles. The van der Waals surface area contributed by atoms with Crippen LogP contribution in [-0.4, -0.2) is 29.5 Å². The molecule has 0 radical (unpaired) electrons. The molecule has 1 saturated heterocycles. The van der Waals surface area contributed by atoms with E-state index >= 15 is 0 Å². The number of likely N-dealkylation sites (tertiary alicyclic amines) is 1. The number of rotatable bonds is 6. The van der Waals surface area contributed by atoms with Gasteiger partial charge in [-0.15, -0.1) is 0 Å². The largest absolute Gasteiger partial charge is 0.385 e. The van der Waals surface area contributed by atoms with E-state index in [4.69, 9.17) is 0 Å². The van der Waals surface area contributed by atoms with E-state index < -0.39 is 0 Å². The number of nitro groups is 1. The van der Waals surface area contributed by atoms with Crippen LogP contribution in [0.1, 0.15) is 32.3 Å². The lowest BCUT2D eigenvalue weighted by Crippen LogP contribution is -2.21. The topological polar surface area (TPSA) is 58.4 Å². The number of nitrogens with zero attached hydrogens (tertiary/aromatic N) is 2. The average molecular weight is 277 g/mol. The van der Waals surface area contributed by atoms with Gasteiger partial charge in [0.2, 0.25) is 0 Å². The maximum Gasteiger partial charge on any atom is 0.269 e. The molecule has 0 aromatic heterocycles. The van der Waals surface area contributed by atoms with Crippen molar-refractivity contribution >= 4 is 11.4 Å². The van der Waals surface area contributed by atoms with Gasteiger partial charge in [0.1, 0.15) is 0 Å². The third kappa shape index (κ3) is 3.48. The summed E-state index contributed by atoms with van der Waals surface area (Å²) in [5, 5.41) is 14.2. The molecule has 0 aliphatic carbocycles. The first-order valence-corrected chi connectivity index (χ1v) is 7.37. The zero-order chi connectivity index (χ0) is 14.5. The molecule has 1 unspecified atom stereocenters. The van der Waals surface area contributed by atoms with Crippen molar-refractivity contribution in [1.29, 1.82) is 0 Å². The highest BCUT2D eigenvalue weighted by Crippen LogP contribution is 2.27. The smallest absolute Gasteiger partial charge is 0.269 e. The summed E-state index contributed by atoms with van der Waals surface area (Å²) in [4.78, 5) is 13.0. The number of hydrogen-bond acceptors (Lipinski definition) is 4. The molecule has 0 bridgehead atoms. The summed E-state index contributed by atoms with van der Waals surface area (Å²) in [7, 11) is 0. The Balaban J connectivity index is 2.15. The second-order valence-electron chi connectivity index (χ2n) is 5.43. The molecule has 1 aliphatic rings. The molecule has 1 N–H and O–H groups in total. The fourth-order valence-electron chi connectivity index (χ4n) is 2.82. The number of hydrogen-bond donors (Lipinski definition) is 1. The van der Waals surface area contributed by atoms with Gasteiger partial charge in [-0.1, -0.05) is 13.3 Å². The van der Waals surface area contributed by atoms with Gasteiger partial charge < -0.3 is 5.32 Å². The molecule has 5 heteroatoms. The zero-order valence-corrected chi connectivity index (χ0v) is 12.3. The lowest BCUT2D eigenvalue weighted by molar-refractivity contribution is -0.384. The Morgan fingerprint density at radius 2 is 2.25 bits per heavy atom. The third-order valence-corrected chi connectivity index (χ3v) is 4.01. The SMILES string of the molecule is CCNc1ccc([N+](=O)[O-])cc1CN1CCC(CC)C1.